The molecule has 2 heterocycles. The van der Waals surface area contributed by atoms with Gasteiger partial charge in [-0.1, -0.05) is 23.7 Å². The lowest BCUT2D eigenvalue weighted by atomic mass is 10.0. The second-order valence-electron chi connectivity index (χ2n) is 7.70. The van der Waals surface area contributed by atoms with Crippen molar-refractivity contribution in [2.75, 3.05) is 20.3 Å². The van der Waals surface area contributed by atoms with E-state index >= 15 is 0 Å². The number of carbonyl (C=O) groups excluding carboxylic acids is 1. The molecule has 0 amide bonds. The number of ether oxygens (including phenoxy) is 3. The van der Waals surface area contributed by atoms with E-state index in [0.717, 1.165) is 11.3 Å². The number of pyridine rings is 1. The lowest BCUT2D eigenvalue weighted by molar-refractivity contribution is 0.103. The SMILES string of the molecule is COc1ccc(Cn2cc(C(=O)c3ccc(Cl)cc3)c(=O)c3cc4c(cc32)OCCO4)cc1. The maximum Gasteiger partial charge on any atom is 0.200 e. The number of rotatable bonds is 5. The van der Waals surface area contributed by atoms with E-state index in [4.69, 9.17) is 25.8 Å². The summed E-state index contributed by atoms with van der Waals surface area (Å²) < 4.78 is 18.5. The summed E-state index contributed by atoms with van der Waals surface area (Å²) in [5.74, 6) is 1.46. The Labute approximate surface area is 194 Å². The van der Waals surface area contributed by atoms with E-state index in [9.17, 15) is 9.59 Å². The van der Waals surface area contributed by atoms with Crippen LogP contribution in [-0.2, 0) is 6.54 Å². The van der Waals surface area contributed by atoms with Crippen LogP contribution in [0.5, 0.6) is 17.2 Å². The number of carbonyl (C=O) groups is 1. The molecule has 166 valence electrons. The predicted molar refractivity (Wildman–Crippen MR) is 126 cm³/mol. The van der Waals surface area contributed by atoms with Crippen molar-refractivity contribution in [2.24, 2.45) is 0 Å². The molecule has 0 N–H and O–H groups in total. The molecule has 4 aromatic rings. The number of fused-ring (bicyclic) bond motifs is 2. The second kappa shape index (κ2) is 8.64. The minimum Gasteiger partial charge on any atom is -0.497 e. The van der Waals surface area contributed by atoms with Crippen LogP contribution in [0.3, 0.4) is 0 Å². The van der Waals surface area contributed by atoms with Crippen LogP contribution in [0.15, 0.2) is 71.7 Å². The molecule has 1 aromatic heterocycles. The van der Waals surface area contributed by atoms with Gasteiger partial charge in [0.2, 0.25) is 5.43 Å². The Balaban J connectivity index is 1.68. The van der Waals surface area contributed by atoms with Crippen LogP contribution in [0.1, 0.15) is 21.5 Å². The van der Waals surface area contributed by atoms with Gasteiger partial charge >= 0.3 is 0 Å². The molecule has 0 aliphatic carbocycles. The van der Waals surface area contributed by atoms with Gasteiger partial charge < -0.3 is 18.8 Å². The van der Waals surface area contributed by atoms with E-state index in [1.165, 1.54) is 0 Å². The summed E-state index contributed by atoms with van der Waals surface area (Å²) >= 11 is 5.96. The fraction of sp³-hybridized carbons (Fsp3) is 0.154. The van der Waals surface area contributed by atoms with Gasteiger partial charge in [0.1, 0.15) is 19.0 Å². The van der Waals surface area contributed by atoms with E-state index in [2.05, 4.69) is 0 Å². The van der Waals surface area contributed by atoms with E-state index in [1.54, 1.807) is 49.7 Å². The first-order chi connectivity index (χ1) is 16.0. The van der Waals surface area contributed by atoms with Crippen LogP contribution in [0.25, 0.3) is 10.9 Å². The normalized spacial score (nSPS) is 12.5. The minimum absolute atomic E-state index is 0.0787. The molecular formula is C26H20ClNO5. The summed E-state index contributed by atoms with van der Waals surface area (Å²) in [6.45, 7) is 1.29. The number of halogens is 1. The standard InChI is InChI=1S/C26H20ClNO5/c1-31-19-8-2-16(3-9-19)14-28-15-21(25(29)17-4-6-18(27)7-5-17)26(30)20-12-23-24(13-22(20)28)33-11-10-32-23/h2-9,12-13,15H,10-11,14H2,1H3. The van der Waals surface area contributed by atoms with Crippen LogP contribution < -0.4 is 19.6 Å². The Morgan fingerprint density at radius 2 is 1.67 bits per heavy atom. The van der Waals surface area contributed by atoms with Crippen LogP contribution in [0, 0.1) is 0 Å². The zero-order valence-electron chi connectivity index (χ0n) is 17.8. The zero-order chi connectivity index (χ0) is 22.9. The lowest BCUT2D eigenvalue weighted by Crippen LogP contribution is -2.21. The van der Waals surface area contributed by atoms with Gasteiger partial charge in [-0.25, -0.2) is 0 Å². The molecule has 1 aliphatic heterocycles. The molecule has 0 atom stereocenters. The molecule has 33 heavy (non-hydrogen) atoms. The quantitative estimate of drug-likeness (QED) is 0.402. The van der Waals surface area contributed by atoms with Crippen molar-refractivity contribution in [3.05, 3.63) is 98.8 Å². The van der Waals surface area contributed by atoms with E-state index in [-0.39, 0.29) is 16.8 Å². The summed E-state index contributed by atoms with van der Waals surface area (Å²) in [4.78, 5) is 26.7. The van der Waals surface area contributed by atoms with Gasteiger partial charge in [0, 0.05) is 29.4 Å². The van der Waals surface area contributed by atoms with Gasteiger partial charge in [-0.05, 0) is 48.0 Å². The van der Waals surface area contributed by atoms with Crippen LogP contribution in [0.4, 0.5) is 0 Å². The molecule has 7 heteroatoms. The van der Waals surface area contributed by atoms with E-state index in [0.29, 0.717) is 52.7 Å². The highest BCUT2D eigenvalue weighted by Gasteiger charge is 2.21. The highest BCUT2D eigenvalue weighted by atomic mass is 35.5. The Morgan fingerprint density at radius 3 is 2.33 bits per heavy atom. The van der Waals surface area contributed by atoms with Crippen molar-refractivity contribution in [3.63, 3.8) is 0 Å². The average Bonchev–Trinajstić information content (AvgIpc) is 2.85. The Bertz CT molecular complexity index is 1410. The molecule has 0 saturated heterocycles. The molecule has 3 aromatic carbocycles. The van der Waals surface area contributed by atoms with Crippen molar-refractivity contribution < 1.29 is 19.0 Å². The Hall–Kier alpha value is -3.77. The first kappa shape index (κ1) is 21.1. The first-order valence-corrected chi connectivity index (χ1v) is 10.8. The van der Waals surface area contributed by atoms with Crippen LogP contribution in [-0.4, -0.2) is 30.7 Å². The average molecular weight is 462 g/mol. The molecule has 0 bridgehead atoms. The molecule has 6 nitrogen and oxygen atoms in total. The summed E-state index contributed by atoms with van der Waals surface area (Å²) in [7, 11) is 1.62. The first-order valence-electron chi connectivity index (χ1n) is 10.4. The number of methoxy groups -OCH3 is 1. The largest absolute Gasteiger partial charge is 0.497 e. The third-order valence-electron chi connectivity index (χ3n) is 5.61. The van der Waals surface area contributed by atoms with Gasteiger partial charge in [-0.2, -0.15) is 0 Å². The fourth-order valence-corrected chi connectivity index (χ4v) is 4.03. The highest BCUT2D eigenvalue weighted by molar-refractivity contribution is 6.30. The van der Waals surface area contributed by atoms with Gasteiger partial charge in [0.05, 0.1) is 23.6 Å². The maximum atomic E-state index is 13.4. The molecule has 0 radical (unpaired) electrons. The molecule has 0 spiro atoms. The van der Waals surface area contributed by atoms with E-state index < -0.39 is 0 Å². The molecular weight excluding hydrogens is 442 g/mol. The van der Waals surface area contributed by atoms with Gasteiger partial charge in [-0.15, -0.1) is 0 Å². The number of aromatic nitrogens is 1. The smallest absolute Gasteiger partial charge is 0.200 e. The topological polar surface area (TPSA) is 66.8 Å². The number of hydrogen-bond donors (Lipinski definition) is 0. The number of hydrogen-bond acceptors (Lipinski definition) is 5. The molecule has 0 unspecified atom stereocenters. The maximum absolute atomic E-state index is 13.4. The predicted octanol–water partition coefficient (Wildman–Crippen LogP) is 4.71. The van der Waals surface area contributed by atoms with Gasteiger partial charge in [0.15, 0.2) is 17.3 Å². The van der Waals surface area contributed by atoms with Crippen molar-refractivity contribution in [1.82, 2.24) is 4.57 Å². The molecule has 0 saturated carbocycles. The number of ketones is 1. The second-order valence-corrected chi connectivity index (χ2v) is 8.13. The van der Waals surface area contributed by atoms with E-state index in [1.807, 2.05) is 28.8 Å². The van der Waals surface area contributed by atoms with Crippen molar-refractivity contribution in [3.8, 4) is 17.2 Å². The third kappa shape index (κ3) is 4.05. The van der Waals surface area contributed by atoms with Crippen LogP contribution >= 0.6 is 11.6 Å². The van der Waals surface area contributed by atoms with Crippen molar-refractivity contribution >= 4 is 28.3 Å². The molecule has 0 fully saturated rings. The lowest BCUT2D eigenvalue weighted by Gasteiger charge is -2.21. The number of benzene rings is 3. The minimum atomic E-state index is -0.364. The number of nitrogens with zero attached hydrogens (tertiary/aromatic N) is 1. The summed E-state index contributed by atoms with van der Waals surface area (Å²) in [5.41, 5.74) is 1.76. The summed E-state index contributed by atoms with van der Waals surface area (Å²) in [6.07, 6.45) is 1.61. The summed E-state index contributed by atoms with van der Waals surface area (Å²) in [5, 5.41) is 0.915. The third-order valence-corrected chi connectivity index (χ3v) is 5.86. The fourth-order valence-electron chi connectivity index (χ4n) is 3.90. The van der Waals surface area contributed by atoms with Crippen molar-refractivity contribution in [2.45, 2.75) is 6.54 Å². The van der Waals surface area contributed by atoms with Gasteiger partial charge in [0.25, 0.3) is 0 Å². The Morgan fingerprint density at radius 1 is 1.00 bits per heavy atom. The molecule has 5 rings (SSSR count). The Kier molecular flexibility index (Phi) is 5.52. The molecule has 1 aliphatic rings. The monoisotopic (exact) mass is 461 g/mol. The highest BCUT2D eigenvalue weighted by Crippen LogP contribution is 2.34. The van der Waals surface area contributed by atoms with Crippen molar-refractivity contribution in [1.29, 1.82) is 0 Å². The van der Waals surface area contributed by atoms with Crippen LogP contribution in [0.2, 0.25) is 5.02 Å². The summed E-state index contributed by atoms with van der Waals surface area (Å²) in [6, 6.07) is 17.6. The van der Waals surface area contributed by atoms with Gasteiger partial charge in [-0.3, -0.25) is 9.59 Å². The zero-order valence-corrected chi connectivity index (χ0v) is 18.6.